The smallest absolute Gasteiger partial charge is 0.264 e. The Morgan fingerprint density at radius 1 is 1.26 bits per heavy atom. The summed E-state index contributed by atoms with van der Waals surface area (Å²) in [5.41, 5.74) is 1.75. The first-order valence-electron chi connectivity index (χ1n) is 9.50. The van der Waals surface area contributed by atoms with Crippen molar-refractivity contribution in [1.29, 1.82) is 0 Å². The molecule has 0 atom stereocenters. The van der Waals surface area contributed by atoms with Crippen molar-refractivity contribution in [3.8, 4) is 5.75 Å². The Morgan fingerprint density at radius 2 is 2.06 bits per heavy atom. The Bertz CT molecular complexity index is 1230. The van der Waals surface area contributed by atoms with Gasteiger partial charge in [0.1, 0.15) is 5.75 Å². The molecule has 8 nitrogen and oxygen atoms in total. The van der Waals surface area contributed by atoms with E-state index >= 15 is 0 Å². The van der Waals surface area contributed by atoms with Crippen LogP contribution in [0.25, 0.3) is 0 Å². The predicted octanol–water partition coefficient (Wildman–Crippen LogP) is 3.66. The lowest BCUT2D eigenvalue weighted by Gasteiger charge is -2.20. The number of amides is 1. The normalized spacial score (nSPS) is 13.2. The van der Waals surface area contributed by atoms with Crippen LogP contribution in [0.4, 0.5) is 10.8 Å². The summed E-state index contributed by atoms with van der Waals surface area (Å²) in [4.78, 5) is 12.9. The molecule has 162 valence electrons. The van der Waals surface area contributed by atoms with Crippen molar-refractivity contribution >= 4 is 49.8 Å². The van der Waals surface area contributed by atoms with Crippen molar-refractivity contribution in [2.45, 2.75) is 22.6 Å². The molecule has 0 radical (unpaired) electrons. The highest BCUT2D eigenvalue weighted by Gasteiger charge is 2.31. The second kappa shape index (κ2) is 8.85. The van der Waals surface area contributed by atoms with E-state index in [1.54, 1.807) is 6.07 Å². The molecule has 1 aliphatic heterocycles. The number of carbonyl (C=O) groups excluding carboxylic acids is 1. The Balaban J connectivity index is 1.65. The summed E-state index contributed by atoms with van der Waals surface area (Å²) in [5, 5.41) is 11.0. The molecular formula is C20H20N4O4S3. The van der Waals surface area contributed by atoms with Crippen molar-refractivity contribution in [2.75, 3.05) is 29.0 Å². The highest BCUT2D eigenvalue weighted by Crippen LogP contribution is 2.34. The minimum Gasteiger partial charge on any atom is -0.496 e. The van der Waals surface area contributed by atoms with Gasteiger partial charge < -0.3 is 4.74 Å². The van der Waals surface area contributed by atoms with E-state index in [1.807, 2.05) is 25.1 Å². The van der Waals surface area contributed by atoms with Crippen molar-refractivity contribution < 1.29 is 17.9 Å². The van der Waals surface area contributed by atoms with Crippen molar-refractivity contribution in [3.05, 3.63) is 53.6 Å². The summed E-state index contributed by atoms with van der Waals surface area (Å²) in [6.45, 7) is 2.36. The largest absolute Gasteiger partial charge is 0.496 e. The molecule has 2 aromatic carbocycles. The van der Waals surface area contributed by atoms with E-state index in [2.05, 4.69) is 15.5 Å². The van der Waals surface area contributed by atoms with Gasteiger partial charge in [-0.2, -0.15) is 0 Å². The minimum atomic E-state index is -3.84. The van der Waals surface area contributed by atoms with Gasteiger partial charge in [-0.05, 0) is 42.0 Å². The van der Waals surface area contributed by atoms with Gasteiger partial charge in [0.15, 0.2) is 4.34 Å². The Kier molecular flexibility index (Phi) is 6.17. The highest BCUT2D eigenvalue weighted by atomic mass is 32.2. The average molecular weight is 477 g/mol. The molecule has 1 aliphatic rings. The molecule has 11 heteroatoms. The number of fused-ring (bicyclic) bond motifs is 1. The van der Waals surface area contributed by atoms with Gasteiger partial charge in [-0.1, -0.05) is 48.2 Å². The number of nitrogens with zero attached hydrogens (tertiary/aromatic N) is 3. The molecule has 0 aliphatic carbocycles. The standard InChI is InChI=1S/C20H20N4O4S3/c1-3-29-20-23-22-19(30-20)21-18(25)15-12-14(8-9-17(15)28-2)31(26,27)24-11-10-13-6-4-5-7-16(13)24/h4-9,12H,3,10-11H2,1-2H3,(H,21,22,25). The molecule has 0 saturated carbocycles. The number of ether oxygens (including phenoxy) is 1. The number of hydrogen-bond acceptors (Lipinski definition) is 8. The van der Waals surface area contributed by atoms with Crippen LogP contribution in [-0.4, -0.2) is 43.9 Å². The number of anilines is 2. The fourth-order valence-corrected chi connectivity index (χ4v) is 6.49. The monoisotopic (exact) mass is 476 g/mol. The fourth-order valence-electron chi connectivity index (χ4n) is 3.32. The zero-order valence-electron chi connectivity index (χ0n) is 16.9. The van der Waals surface area contributed by atoms with Crippen LogP contribution >= 0.6 is 23.1 Å². The van der Waals surface area contributed by atoms with E-state index in [0.717, 1.165) is 15.7 Å². The maximum absolute atomic E-state index is 13.3. The third kappa shape index (κ3) is 4.25. The Morgan fingerprint density at radius 3 is 2.84 bits per heavy atom. The van der Waals surface area contributed by atoms with E-state index < -0.39 is 15.9 Å². The van der Waals surface area contributed by atoms with E-state index in [-0.39, 0.29) is 16.2 Å². The topological polar surface area (TPSA) is 101 Å². The number of rotatable bonds is 7. The van der Waals surface area contributed by atoms with Gasteiger partial charge >= 0.3 is 0 Å². The van der Waals surface area contributed by atoms with E-state index in [1.165, 1.54) is 52.7 Å². The van der Waals surface area contributed by atoms with Gasteiger partial charge in [-0.3, -0.25) is 14.4 Å². The van der Waals surface area contributed by atoms with Gasteiger partial charge in [0.05, 0.1) is 23.3 Å². The van der Waals surface area contributed by atoms with E-state index in [9.17, 15) is 13.2 Å². The summed E-state index contributed by atoms with van der Waals surface area (Å²) in [7, 11) is -2.41. The molecule has 1 aromatic heterocycles. The predicted molar refractivity (Wildman–Crippen MR) is 122 cm³/mol. The number of thioether (sulfide) groups is 1. The zero-order valence-corrected chi connectivity index (χ0v) is 19.3. The molecule has 0 bridgehead atoms. The fraction of sp³-hybridized carbons (Fsp3) is 0.250. The number of aromatic nitrogens is 2. The third-order valence-electron chi connectivity index (χ3n) is 4.74. The molecule has 0 spiro atoms. The summed E-state index contributed by atoms with van der Waals surface area (Å²) in [5.74, 6) is 0.599. The lowest BCUT2D eigenvalue weighted by molar-refractivity contribution is 0.102. The van der Waals surface area contributed by atoms with Crippen LogP contribution in [0, 0.1) is 0 Å². The van der Waals surface area contributed by atoms with Crippen LogP contribution in [-0.2, 0) is 16.4 Å². The maximum Gasteiger partial charge on any atom is 0.264 e. The second-order valence-electron chi connectivity index (χ2n) is 6.58. The number of methoxy groups -OCH3 is 1. The molecule has 3 aromatic rings. The molecule has 1 N–H and O–H groups in total. The van der Waals surface area contributed by atoms with Crippen molar-refractivity contribution in [2.24, 2.45) is 0 Å². The van der Waals surface area contributed by atoms with Gasteiger partial charge in [-0.15, -0.1) is 10.2 Å². The van der Waals surface area contributed by atoms with Crippen LogP contribution in [0.3, 0.4) is 0 Å². The molecule has 1 amide bonds. The molecule has 0 unspecified atom stereocenters. The highest BCUT2D eigenvalue weighted by molar-refractivity contribution is 8.01. The Labute approximate surface area is 188 Å². The minimum absolute atomic E-state index is 0.0228. The molecule has 0 fully saturated rings. The average Bonchev–Trinajstić information content (AvgIpc) is 3.40. The first-order chi connectivity index (χ1) is 14.9. The number of carbonyl (C=O) groups is 1. The first-order valence-corrected chi connectivity index (χ1v) is 12.7. The summed E-state index contributed by atoms with van der Waals surface area (Å²) < 4.78 is 34.1. The number of sulfonamides is 1. The molecular weight excluding hydrogens is 456 g/mol. The molecule has 2 heterocycles. The molecule has 4 rings (SSSR count). The van der Waals surface area contributed by atoms with Crippen LogP contribution in [0.1, 0.15) is 22.8 Å². The summed E-state index contributed by atoms with van der Waals surface area (Å²) >= 11 is 2.78. The van der Waals surface area contributed by atoms with Gasteiger partial charge in [0.25, 0.3) is 15.9 Å². The summed E-state index contributed by atoms with van der Waals surface area (Å²) in [6, 6.07) is 11.7. The van der Waals surface area contributed by atoms with E-state index in [0.29, 0.717) is 23.8 Å². The van der Waals surface area contributed by atoms with Crippen LogP contribution in [0.5, 0.6) is 5.75 Å². The number of nitrogens with one attached hydrogen (secondary N) is 1. The van der Waals surface area contributed by atoms with Crippen LogP contribution < -0.4 is 14.4 Å². The quantitative estimate of drug-likeness (QED) is 0.410. The van der Waals surface area contributed by atoms with Crippen LogP contribution in [0.2, 0.25) is 0 Å². The number of hydrogen-bond donors (Lipinski definition) is 1. The van der Waals surface area contributed by atoms with Gasteiger partial charge in [0.2, 0.25) is 5.13 Å². The van der Waals surface area contributed by atoms with Crippen molar-refractivity contribution in [1.82, 2.24) is 10.2 Å². The lowest BCUT2D eigenvalue weighted by Crippen LogP contribution is -2.29. The number of para-hydroxylation sites is 1. The van der Waals surface area contributed by atoms with Gasteiger partial charge in [0, 0.05) is 6.54 Å². The summed E-state index contributed by atoms with van der Waals surface area (Å²) in [6.07, 6.45) is 0.647. The van der Waals surface area contributed by atoms with E-state index in [4.69, 9.17) is 4.74 Å². The third-order valence-corrected chi connectivity index (χ3v) is 8.41. The first kappa shape index (κ1) is 21.6. The lowest BCUT2D eigenvalue weighted by atomic mass is 10.2. The maximum atomic E-state index is 13.3. The number of benzene rings is 2. The molecule has 0 saturated heterocycles. The Hall–Kier alpha value is -2.63. The van der Waals surface area contributed by atoms with Crippen molar-refractivity contribution in [3.63, 3.8) is 0 Å². The molecule has 31 heavy (non-hydrogen) atoms. The van der Waals surface area contributed by atoms with Crippen LogP contribution in [0.15, 0.2) is 51.7 Å². The zero-order chi connectivity index (χ0) is 22.0. The SMILES string of the molecule is CCSc1nnc(NC(=O)c2cc(S(=O)(=O)N3CCc4ccccc43)ccc2OC)s1. The second-order valence-corrected chi connectivity index (χ2v) is 10.9. The van der Waals surface area contributed by atoms with Gasteiger partial charge in [-0.25, -0.2) is 8.42 Å².